The Morgan fingerprint density at radius 3 is 2.11 bits per heavy atom. The molecule has 2 fully saturated rings. The number of hydrogen-bond acceptors (Lipinski definition) is 1. The lowest BCUT2D eigenvalue weighted by atomic mass is 9.70. The minimum atomic E-state index is -4.21. The monoisotopic (exact) mass is 276 g/mol. The van der Waals surface area contributed by atoms with E-state index in [4.69, 9.17) is 0 Å². The zero-order valence-corrected chi connectivity index (χ0v) is 11.5. The number of alkyl halides is 3. The van der Waals surface area contributed by atoms with Gasteiger partial charge < -0.3 is 0 Å². The summed E-state index contributed by atoms with van der Waals surface area (Å²) in [6.45, 7) is 2.15. The Balaban J connectivity index is 2.03. The molecule has 0 aromatic heterocycles. The maximum atomic E-state index is 13.0. The van der Waals surface area contributed by atoms with Gasteiger partial charge in [-0.15, -0.1) is 0 Å². The van der Waals surface area contributed by atoms with E-state index in [1.54, 1.807) is 0 Å². The van der Waals surface area contributed by atoms with Gasteiger partial charge in [-0.25, -0.2) is 0 Å². The van der Waals surface area contributed by atoms with Crippen LogP contribution in [0.5, 0.6) is 0 Å². The van der Waals surface area contributed by atoms with Crippen molar-refractivity contribution in [1.29, 1.82) is 0 Å². The smallest absolute Gasteiger partial charge is 0.299 e. The molecule has 1 nitrogen and oxygen atoms in total. The minimum absolute atomic E-state index is 0.0890. The number of Topliss-reactive ketones (excluding diaryl/α,β-unsaturated/α-hetero) is 1. The molecule has 2 aliphatic rings. The van der Waals surface area contributed by atoms with Gasteiger partial charge in [-0.1, -0.05) is 32.6 Å². The van der Waals surface area contributed by atoms with Crippen LogP contribution in [-0.2, 0) is 4.79 Å². The van der Waals surface area contributed by atoms with Gasteiger partial charge in [0.25, 0.3) is 0 Å². The summed E-state index contributed by atoms with van der Waals surface area (Å²) in [6, 6.07) is 0. The van der Waals surface area contributed by atoms with E-state index in [2.05, 4.69) is 6.92 Å². The molecule has 110 valence electrons. The zero-order chi connectivity index (χ0) is 14.0. The van der Waals surface area contributed by atoms with Crippen LogP contribution in [0.2, 0.25) is 0 Å². The molecule has 0 amide bonds. The molecule has 0 heterocycles. The molecule has 2 atom stereocenters. The summed E-state index contributed by atoms with van der Waals surface area (Å²) in [5, 5.41) is 0. The van der Waals surface area contributed by atoms with Gasteiger partial charge in [0, 0.05) is 11.8 Å². The Hall–Kier alpha value is -0.540. The fraction of sp³-hybridized carbons (Fsp3) is 0.933. The average molecular weight is 276 g/mol. The average Bonchev–Trinajstić information content (AvgIpc) is 2.38. The predicted molar refractivity (Wildman–Crippen MR) is 67.6 cm³/mol. The highest BCUT2D eigenvalue weighted by molar-refractivity contribution is 5.84. The standard InChI is InChI=1S/C15H23F3O/c1-10-6-8-11(9-7-10)14(19)12-4-2-3-5-13(12)15(16,17)18/h10-13H,2-9H2,1H3. The van der Waals surface area contributed by atoms with Gasteiger partial charge in [-0.2, -0.15) is 13.2 Å². The van der Waals surface area contributed by atoms with Crippen molar-refractivity contribution in [2.75, 3.05) is 0 Å². The summed E-state index contributed by atoms with van der Waals surface area (Å²) < 4.78 is 39.1. The Kier molecular flexibility index (Phi) is 4.57. The first kappa shape index (κ1) is 14.9. The van der Waals surface area contributed by atoms with Crippen LogP contribution in [0.1, 0.15) is 58.3 Å². The second kappa shape index (κ2) is 5.84. The maximum Gasteiger partial charge on any atom is 0.392 e. The Labute approximate surface area is 112 Å². The molecule has 0 radical (unpaired) electrons. The fourth-order valence-corrected chi connectivity index (χ4v) is 3.71. The van der Waals surface area contributed by atoms with Crippen LogP contribution < -0.4 is 0 Å². The van der Waals surface area contributed by atoms with Crippen LogP contribution in [0.3, 0.4) is 0 Å². The fourth-order valence-electron chi connectivity index (χ4n) is 3.71. The number of hydrogen-bond donors (Lipinski definition) is 0. The Bertz CT molecular complexity index is 316. The lowest BCUT2D eigenvalue weighted by molar-refractivity contribution is -0.198. The van der Waals surface area contributed by atoms with Crippen LogP contribution >= 0.6 is 0 Å². The topological polar surface area (TPSA) is 17.1 Å². The molecule has 2 unspecified atom stereocenters. The predicted octanol–water partition coefficient (Wildman–Crippen LogP) is 4.75. The van der Waals surface area contributed by atoms with Gasteiger partial charge in [-0.3, -0.25) is 4.79 Å². The molecule has 19 heavy (non-hydrogen) atoms. The second-order valence-corrected chi connectivity index (χ2v) is 6.40. The van der Waals surface area contributed by atoms with Crippen molar-refractivity contribution in [3.8, 4) is 0 Å². The molecule has 0 aliphatic heterocycles. The van der Waals surface area contributed by atoms with E-state index in [0.29, 0.717) is 18.8 Å². The summed E-state index contributed by atoms with van der Waals surface area (Å²) in [5.74, 6) is -1.72. The lowest BCUT2D eigenvalue weighted by Crippen LogP contribution is -2.40. The third kappa shape index (κ3) is 3.51. The molecule has 4 heteroatoms. The van der Waals surface area contributed by atoms with Crippen LogP contribution in [0.4, 0.5) is 13.2 Å². The summed E-state index contributed by atoms with van der Waals surface area (Å²) in [5.41, 5.74) is 0. The SMILES string of the molecule is CC1CCC(C(=O)C2CCCCC2C(F)(F)F)CC1. The van der Waals surface area contributed by atoms with Gasteiger partial charge in [0.05, 0.1) is 5.92 Å². The van der Waals surface area contributed by atoms with E-state index < -0.39 is 18.0 Å². The zero-order valence-electron chi connectivity index (χ0n) is 11.5. The first-order chi connectivity index (χ1) is 8.89. The van der Waals surface area contributed by atoms with Crippen molar-refractivity contribution in [2.45, 2.75) is 64.5 Å². The first-order valence-electron chi connectivity index (χ1n) is 7.50. The first-order valence-corrected chi connectivity index (χ1v) is 7.50. The molecule has 2 saturated carbocycles. The number of rotatable bonds is 2. The Morgan fingerprint density at radius 2 is 1.53 bits per heavy atom. The molecular formula is C15H23F3O. The van der Waals surface area contributed by atoms with Gasteiger partial charge in [0.2, 0.25) is 0 Å². The number of carbonyl (C=O) groups is 1. The molecule has 0 N–H and O–H groups in total. The van der Waals surface area contributed by atoms with Crippen molar-refractivity contribution in [2.24, 2.45) is 23.7 Å². The molecule has 0 aromatic carbocycles. The van der Waals surface area contributed by atoms with Crippen LogP contribution in [0.25, 0.3) is 0 Å². The number of ketones is 1. The quantitative estimate of drug-likeness (QED) is 0.711. The van der Waals surface area contributed by atoms with E-state index in [1.807, 2.05) is 0 Å². The van der Waals surface area contributed by atoms with Crippen molar-refractivity contribution < 1.29 is 18.0 Å². The maximum absolute atomic E-state index is 13.0. The van der Waals surface area contributed by atoms with Crippen molar-refractivity contribution in [3.63, 3.8) is 0 Å². The van der Waals surface area contributed by atoms with Crippen molar-refractivity contribution in [3.05, 3.63) is 0 Å². The molecule has 0 bridgehead atoms. The minimum Gasteiger partial charge on any atom is -0.299 e. The lowest BCUT2D eigenvalue weighted by Gasteiger charge is -2.35. The summed E-state index contributed by atoms with van der Waals surface area (Å²) >= 11 is 0. The highest BCUT2D eigenvalue weighted by atomic mass is 19.4. The van der Waals surface area contributed by atoms with Crippen molar-refractivity contribution >= 4 is 5.78 Å². The third-order valence-electron chi connectivity index (χ3n) is 4.97. The van der Waals surface area contributed by atoms with E-state index in [0.717, 1.165) is 32.1 Å². The van der Waals surface area contributed by atoms with Crippen LogP contribution in [0.15, 0.2) is 0 Å². The van der Waals surface area contributed by atoms with Gasteiger partial charge in [0.1, 0.15) is 5.78 Å². The Morgan fingerprint density at radius 1 is 0.947 bits per heavy atom. The summed E-state index contributed by atoms with van der Waals surface area (Å²) in [7, 11) is 0. The summed E-state index contributed by atoms with van der Waals surface area (Å²) in [6.07, 6.45) is 1.31. The van der Waals surface area contributed by atoms with Crippen LogP contribution in [-0.4, -0.2) is 12.0 Å². The highest BCUT2D eigenvalue weighted by Gasteiger charge is 2.49. The van der Waals surface area contributed by atoms with Crippen molar-refractivity contribution in [1.82, 2.24) is 0 Å². The summed E-state index contributed by atoms with van der Waals surface area (Å²) in [4.78, 5) is 12.4. The molecule has 2 rings (SSSR count). The largest absolute Gasteiger partial charge is 0.392 e. The molecule has 0 spiro atoms. The van der Waals surface area contributed by atoms with Gasteiger partial charge >= 0.3 is 6.18 Å². The van der Waals surface area contributed by atoms with E-state index in [1.165, 1.54) is 0 Å². The van der Waals surface area contributed by atoms with E-state index in [-0.39, 0.29) is 18.1 Å². The van der Waals surface area contributed by atoms with Gasteiger partial charge in [-0.05, 0) is 31.6 Å². The second-order valence-electron chi connectivity index (χ2n) is 6.40. The van der Waals surface area contributed by atoms with Gasteiger partial charge in [0.15, 0.2) is 0 Å². The molecular weight excluding hydrogens is 253 g/mol. The van der Waals surface area contributed by atoms with Crippen LogP contribution in [0, 0.1) is 23.7 Å². The molecule has 2 aliphatic carbocycles. The normalized spacial score (nSPS) is 37.1. The number of halogens is 3. The third-order valence-corrected chi connectivity index (χ3v) is 4.97. The highest BCUT2D eigenvalue weighted by Crippen LogP contribution is 2.44. The molecule has 0 saturated heterocycles. The van der Waals surface area contributed by atoms with E-state index in [9.17, 15) is 18.0 Å². The molecule has 0 aromatic rings. The van der Waals surface area contributed by atoms with E-state index >= 15 is 0 Å². The number of carbonyl (C=O) groups excluding carboxylic acids is 1.